The molecule has 0 amide bonds. The van der Waals surface area contributed by atoms with Gasteiger partial charge in [0, 0.05) is 23.7 Å². The fraction of sp³-hybridized carbons (Fsp3) is 0.571. The molecule has 0 spiro atoms. The van der Waals surface area contributed by atoms with E-state index in [1.165, 1.54) is 10.0 Å². The number of hydrogen-bond acceptors (Lipinski definition) is 2. The molecule has 17 heavy (non-hydrogen) atoms. The van der Waals surface area contributed by atoms with E-state index in [4.69, 9.17) is 4.74 Å². The van der Waals surface area contributed by atoms with E-state index in [1.54, 1.807) is 0 Å². The lowest BCUT2D eigenvalue weighted by atomic mass is 10.0. The minimum atomic E-state index is 0.477. The van der Waals surface area contributed by atoms with Crippen LogP contribution in [0.25, 0.3) is 0 Å². The summed E-state index contributed by atoms with van der Waals surface area (Å²) in [6.07, 6.45) is 3.18. The quantitative estimate of drug-likeness (QED) is 0.743. The van der Waals surface area contributed by atoms with Crippen molar-refractivity contribution in [2.75, 3.05) is 20.3 Å². The molecular formula is C14H22BrNO. The standard InChI is InChI=1S/C14H22BrNO/c1-3-9-17-10-8-13(16-2)11-12-6-4-5-7-14(12)15/h4-7,13,16H,3,8-11H2,1-2H3. The van der Waals surface area contributed by atoms with Crippen LogP contribution in [-0.4, -0.2) is 26.3 Å². The highest BCUT2D eigenvalue weighted by atomic mass is 79.9. The summed E-state index contributed by atoms with van der Waals surface area (Å²) in [5.41, 5.74) is 1.35. The molecule has 0 heterocycles. The molecular weight excluding hydrogens is 278 g/mol. The Morgan fingerprint density at radius 3 is 2.71 bits per heavy atom. The lowest BCUT2D eigenvalue weighted by Gasteiger charge is -2.17. The monoisotopic (exact) mass is 299 g/mol. The van der Waals surface area contributed by atoms with E-state index in [1.807, 2.05) is 13.1 Å². The third-order valence-corrected chi connectivity index (χ3v) is 3.57. The van der Waals surface area contributed by atoms with Crippen LogP contribution in [0.1, 0.15) is 25.3 Å². The van der Waals surface area contributed by atoms with Gasteiger partial charge in [0.15, 0.2) is 0 Å². The predicted molar refractivity (Wildman–Crippen MR) is 76.4 cm³/mol. The van der Waals surface area contributed by atoms with Gasteiger partial charge in [0.1, 0.15) is 0 Å². The molecule has 0 aromatic heterocycles. The summed E-state index contributed by atoms with van der Waals surface area (Å²) in [6.45, 7) is 3.84. The molecule has 1 aromatic rings. The van der Waals surface area contributed by atoms with Gasteiger partial charge in [-0.05, 0) is 37.9 Å². The van der Waals surface area contributed by atoms with Crippen LogP contribution in [0, 0.1) is 0 Å². The second-order valence-corrected chi connectivity index (χ2v) is 5.04. The minimum absolute atomic E-state index is 0.477. The zero-order chi connectivity index (χ0) is 12.5. The summed E-state index contributed by atoms with van der Waals surface area (Å²) in [7, 11) is 2.02. The second kappa shape index (κ2) is 8.67. The molecule has 1 aromatic carbocycles. The fourth-order valence-corrected chi connectivity index (χ4v) is 2.20. The summed E-state index contributed by atoms with van der Waals surface area (Å²) in [5.74, 6) is 0. The summed E-state index contributed by atoms with van der Waals surface area (Å²) in [4.78, 5) is 0. The Kier molecular flexibility index (Phi) is 7.49. The molecule has 2 nitrogen and oxygen atoms in total. The van der Waals surface area contributed by atoms with Gasteiger partial charge in [-0.1, -0.05) is 41.1 Å². The third-order valence-electron chi connectivity index (χ3n) is 2.79. The molecule has 0 saturated heterocycles. The Morgan fingerprint density at radius 1 is 1.29 bits per heavy atom. The summed E-state index contributed by atoms with van der Waals surface area (Å²) < 4.78 is 6.72. The van der Waals surface area contributed by atoms with Crippen LogP contribution < -0.4 is 5.32 Å². The smallest absolute Gasteiger partial charge is 0.0480 e. The second-order valence-electron chi connectivity index (χ2n) is 4.18. The highest BCUT2D eigenvalue weighted by molar-refractivity contribution is 9.10. The van der Waals surface area contributed by atoms with Crippen molar-refractivity contribution < 1.29 is 4.74 Å². The van der Waals surface area contributed by atoms with Crippen LogP contribution >= 0.6 is 15.9 Å². The summed E-state index contributed by atoms with van der Waals surface area (Å²) >= 11 is 3.59. The van der Waals surface area contributed by atoms with Crippen molar-refractivity contribution in [3.05, 3.63) is 34.3 Å². The first-order valence-corrected chi connectivity index (χ1v) is 7.05. The van der Waals surface area contributed by atoms with Crippen LogP contribution in [0.2, 0.25) is 0 Å². The Labute approximate surface area is 113 Å². The Bertz CT molecular complexity index is 317. The fourth-order valence-electron chi connectivity index (χ4n) is 1.75. The third kappa shape index (κ3) is 5.66. The molecule has 0 bridgehead atoms. The Hall–Kier alpha value is -0.380. The number of halogens is 1. The largest absolute Gasteiger partial charge is 0.381 e. The molecule has 1 rings (SSSR count). The average Bonchev–Trinajstić information content (AvgIpc) is 2.35. The van der Waals surface area contributed by atoms with Gasteiger partial charge in [-0.2, -0.15) is 0 Å². The van der Waals surface area contributed by atoms with E-state index in [0.29, 0.717) is 6.04 Å². The normalized spacial score (nSPS) is 12.6. The highest BCUT2D eigenvalue weighted by Gasteiger charge is 2.09. The maximum atomic E-state index is 5.53. The van der Waals surface area contributed by atoms with Crippen LogP contribution in [0.5, 0.6) is 0 Å². The van der Waals surface area contributed by atoms with Crippen LogP contribution in [0.3, 0.4) is 0 Å². The van der Waals surface area contributed by atoms with Crippen molar-refractivity contribution in [2.45, 2.75) is 32.2 Å². The topological polar surface area (TPSA) is 21.3 Å². The van der Waals surface area contributed by atoms with E-state index in [9.17, 15) is 0 Å². The van der Waals surface area contributed by atoms with Crippen LogP contribution in [0.4, 0.5) is 0 Å². The maximum absolute atomic E-state index is 5.53. The highest BCUT2D eigenvalue weighted by Crippen LogP contribution is 2.18. The van der Waals surface area contributed by atoms with Gasteiger partial charge in [0.2, 0.25) is 0 Å². The summed E-state index contributed by atoms with van der Waals surface area (Å²) in [5, 5.41) is 3.35. The van der Waals surface area contributed by atoms with Gasteiger partial charge < -0.3 is 10.1 Å². The van der Waals surface area contributed by atoms with Crippen molar-refractivity contribution in [3.63, 3.8) is 0 Å². The van der Waals surface area contributed by atoms with Gasteiger partial charge in [-0.15, -0.1) is 0 Å². The number of rotatable bonds is 8. The van der Waals surface area contributed by atoms with E-state index in [-0.39, 0.29) is 0 Å². The van der Waals surface area contributed by atoms with Gasteiger partial charge >= 0.3 is 0 Å². The number of benzene rings is 1. The van der Waals surface area contributed by atoms with Gasteiger partial charge in [-0.25, -0.2) is 0 Å². The SMILES string of the molecule is CCCOCCC(Cc1ccccc1Br)NC. The van der Waals surface area contributed by atoms with Crippen molar-refractivity contribution >= 4 is 15.9 Å². The van der Waals surface area contributed by atoms with E-state index < -0.39 is 0 Å². The molecule has 0 aliphatic heterocycles. The number of hydrogen-bond donors (Lipinski definition) is 1. The molecule has 1 atom stereocenters. The van der Waals surface area contributed by atoms with Crippen molar-refractivity contribution in [3.8, 4) is 0 Å². The van der Waals surface area contributed by atoms with Crippen molar-refractivity contribution in [2.24, 2.45) is 0 Å². The molecule has 0 aliphatic carbocycles. The van der Waals surface area contributed by atoms with Crippen molar-refractivity contribution in [1.29, 1.82) is 0 Å². The van der Waals surface area contributed by atoms with Crippen molar-refractivity contribution in [1.82, 2.24) is 5.32 Å². The summed E-state index contributed by atoms with van der Waals surface area (Å²) in [6, 6.07) is 8.87. The zero-order valence-corrected chi connectivity index (χ0v) is 12.3. The molecule has 0 aliphatic rings. The number of ether oxygens (including phenoxy) is 1. The molecule has 3 heteroatoms. The molecule has 0 saturated carbocycles. The van der Waals surface area contributed by atoms with E-state index in [2.05, 4.69) is 46.4 Å². The Balaban J connectivity index is 2.38. The first kappa shape index (κ1) is 14.7. The number of nitrogens with one attached hydrogen (secondary N) is 1. The average molecular weight is 300 g/mol. The van der Waals surface area contributed by atoms with Crippen LogP contribution in [-0.2, 0) is 11.2 Å². The number of likely N-dealkylation sites (N-methyl/N-ethyl adjacent to an activating group) is 1. The van der Waals surface area contributed by atoms with E-state index >= 15 is 0 Å². The zero-order valence-electron chi connectivity index (χ0n) is 10.7. The van der Waals surface area contributed by atoms with Gasteiger partial charge in [0.05, 0.1) is 0 Å². The molecule has 0 radical (unpaired) electrons. The predicted octanol–water partition coefficient (Wildman–Crippen LogP) is 3.40. The lowest BCUT2D eigenvalue weighted by Crippen LogP contribution is -2.29. The lowest BCUT2D eigenvalue weighted by molar-refractivity contribution is 0.125. The minimum Gasteiger partial charge on any atom is -0.381 e. The van der Waals surface area contributed by atoms with Gasteiger partial charge in [-0.3, -0.25) is 0 Å². The van der Waals surface area contributed by atoms with E-state index in [0.717, 1.165) is 32.5 Å². The molecule has 1 N–H and O–H groups in total. The van der Waals surface area contributed by atoms with Crippen LogP contribution in [0.15, 0.2) is 28.7 Å². The molecule has 1 unspecified atom stereocenters. The Morgan fingerprint density at radius 2 is 2.06 bits per heavy atom. The first-order chi connectivity index (χ1) is 8.27. The molecule has 0 fully saturated rings. The maximum Gasteiger partial charge on any atom is 0.0480 e. The first-order valence-electron chi connectivity index (χ1n) is 6.26. The van der Waals surface area contributed by atoms with Gasteiger partial charge in [0.25, 0.3) is 0 Å². The molecule has 96 valence electrons.